The van der Waals surface area contributed by atoms with E-state index in [0.29, 0.717) is 18.3 Å². The van der Waals surface area contributed by atoms with Gasteiger partial charge in [-0.05, 0) is 38.2 Å². The minimum atomic E-state index is -0.773. The maximum atomic E-state index is 10.7. The molecule has 0 heterocycles. The molecule has 0 bridgehead atoms. The van der Waals surface area contributed by atoms with Gasteiger partial charge in [0.25, 0.3) is 0 Å². The summed E-state index contributed by atoms with van der Waals surface area (Å²) in [5.74, 6) is 1.18. The number of hydrogen-bond acceptors (Lipinski definition) is 3. The van der Waals surface area contributed by atoms with Crippen LogP contribution in [0.1, 0.15) is 44.8 Å². The van der Waals surface area contributed by atoms with E-state index in [9.17, 15) is 10.4 Å². The molecule has 1 aromatic carbocycles. The lowest BCUT2D eigenvalue weighted by Gasteiger charge is -2.28. The third-order valence-electron chi connectivity index (χ3n) is 4.06. The third-order valence-corrected chi connectivity index (χ3v) is 4.06. The molecule has 0 saturated heterocycles. The van der Waals surface area contributed by atoms with Gasteiger partial charge in [0.1, 0.15) is 11.9 Å². The van der Waals surface area contributed by atoms with Crippen molar-refractivity contribution in [2.24, 2.45) is 11.3 Å². The van der Waals surface area contributed by atoms with Gasteiger partial charge in [-0.25, -0.2) is 0 Å². The lowest BCUT2D eigenvalue weighted by atomic mass is 9.78. The first-order valence-corrected chi connectivity index (χ1v) is 6.94. The zero-order chi connectivity index (χ0) is 13.9. The van der Waals surface area contributed by atoms with E-state index in [0.717, 1.165) is 24.8 Å². The summed E-state index contributed by atoms with van der Waals surface area (Å²) in [6.07, 6.45) is 1.74. The molecule has 3 heteroatoms. The summed E-state index contributed by atoms with van der Waals surface area (Å²) in [5, 5.41) is 20.2. The monoisotopic (exact) mass is 259 g/mol. The van der Waals surface area contributed by atoms with Gasteiger partial charge in [-0.3, -0.25) is 0 Å². The molecule has 1 saturated carbocycles. The quantitative estimate of drug-likeness (QED) is 0.901. The molecule has 1 fully saturated rings. The minimum Gasteiger partial charge on any atom is -0.493 e. The van der Waals surface area contributed by atoms with Crippen molar-refractivity contribution in [1.29, 1.82) is 5.26 Å². The second kappa shape index (κ2) is 5.63. The second-order valence-corrected chi connectivity index (χ2v) is 5.49. The molecular formula is C16H21NO2. The van der Waals surface area contributed by atoms with Gasteiger partial charge in [0.2, 0.25) is 0 Å². The van der Waals surface area contributed by atoms with E-state index in [1.54, 1.807) is 0 Å². The molecule has 0 spiro atoms. The Labute approximate surface area is 114 Å². The smallest absolute Gasteiger partial charge is 0.125 e. The van der Waals surface area contributed by atoms with Gasteiger partial charge in [0.05, 0.1) is 18.1 Å². The van der Waals surface area contributed by atoms with E-state index in [-0.39, 0.29) is 0 Å². The maximum Gasteiger partial charge on any atom is 0.125 e. The van der Waals surface area contributed by atoms with Gasteiger partial charge in [-0.1, -0.05) is 25.1 Å². The van der Waals surface area contributed by atoms with Gasteiger partial charge >= 0.3 is 0 Å². The number of benzene rings is 1. The van der Waals surface area contributed by atoms with Gasteiger partial charge < -0.3 is 9.84 Å². The van der Waals surface area contributed by atoms with Crippen molar-refractivity contribution >= 4 is 0 Å². The molecule has 1 N–H and O–H groups in total. The van der Waals surface area contributed by atoms with Crippen LogP contribution in [-0.2, 0) is 0 Å². The predicted octanol–water partition coefficient (Wildman–Crippen LogP) is 3.45. The molecular weight excluding hydrogens is 238 g/mol. The van der Waals surface area contributed by atoms with Crippen LogP contribution < -0.4 is 4.74 Å². The Balaban J connectivity index is 2.33. The van der Waals surface area contributed by atoms with E-state index in [1.807, 2.05) is 31.2 Å². The van der Waals surface area contributed by atoms with E-state index in [4.69, 9.17) is 4.74 Å². The molecule has 3 unspecified atom stereocenters. The highest BCUT2D eigenvalue weighted by Gasteiger charge is 2.45. The van der Waals surface area contributed by atoms with Crippen molar-refractivity contribution in [3.8, 4) is 11.8 Å². The fourth-order valence-corrected chi connectivity index (χ4v) is 3.03. The van der Waals surface area contributed by atoms with Crippen molar-refractivity contribution in [2.45, 2.75) is 39.2 Å². The van der Waals surface area contributed by atoms with Crippen molar-refractivity contribution in [2.75, 3.05) is 6.61 Å². The molecule has 0 aliphatic heterocycles. The van der Waals surface area contributed by atoms with Crippen LogP contribution >= 0.6 is 0 Å². The van der Waals surface area contributed by atoms with Gasteiger partial charge in [0.15, 0.2) is 0 Å². The number of nitriles is 1. The number of rotatable bonds is 4. The number of aliphatic hydroxyl groups excluding tert-OH is 1. The average Bonchev–Trinajstić information content (AvgIpc) is 2.82. The highest BCUT2D eigenvalue weighted by Crippen LogP contribution is 2.50. The van der Waals surface area contributed by atoms with Crippen molar-refractivity contribution < 1.29 is 9.84 Å². The topological polar surface area (TPSA) is 53.2 Å². The molecule has 1 aliphatic carbocycles. The minimum absolute atomic E-state index is 0.494. The van der Waals surface area contributed by atoms with Crippen LogP contribution in [0.2, 0.25) is 0 Å². The van der Waals surface area contributed by atoms with Crippen LogP contribution in [0.15, 0.2) is 24.3 Å². The fourth-order valence-electron chi connectivity index (χ4n) is 3.03. The van der Waals surface area contributed by atoms with Crippen LogP contribution in [-0.4, -0.2) is 11.7 Å². The van der Waals surface area contributed by atoms with Crippen LogP contribution in [0, 0.1) is 22.7 Å². The van der Waals surface area contributed by atoms with Crippen LogP contribution in [0.4, 0.5) is 0 Å². The summed E-state index contributed by atoms with van der Waals surface area (Å²) < 4.78 is 5.56. The highest BCUT2D eigenvalue weighted by atomic mass is 16.5. The van der Waals surface area contributed by atoms with Crippen molar-refractivity contribution in [1.82, 2.24) is 0 Å². The first-order valence-electron chi connectivity index (χ1n) is 6.94. The standard InChI is InChI=1S/C16H21NO2/c1-3-19-14-7-5-4-6-13(14)15(18)16(11-17)9-8-12(2)10-16/h4-7,12,15,18H,3,8-10H2,1-2H3. The van der Waals surface area contributed by atoms with Gasteiger partial charge in [-0.2, -0.15) is 5.26 Å². The van der Waals surface area contributed by atoms with Crippen LogP contribution in [0.3, 0.4) is 0 Å². The third kappa shape index (κ3) is 2.59. The second-order valence-electron chi connectivity index (χ2n) is 5.49. The first kappa shape index (κ1) is 13.9. The number of hydrogen-bond donors (Lipinski definition) is 1. The largest absolute Gasteiger partial charge is 0.493 e. The van der Waals surface area contributed by atoms with Gasteiger partial charge in [-0.15, -0.1) is 0 Å². The number of para-hydroxylation sites is 1. The molecule has 102 valence electrons. The zero-order valence-corrected chi connectivity index (χ0v) is 11.6. The predicted molar refractivity (Wildman–Crippen MR) is 73.6 cm³/mol. The Morgan fingerprint density at radius 2 is 2.26 bits per heavy atom. The van der Waals surface area contributed by atoms with Crippen LogP contribution in [0.5, 0.6) is 5.75 Å². The van der Waals surface area contributed by atoms with Crippen molar-refractivity contribution in [3.05, 3.63) is 29.8 Å². The lowest BCUT2D eigenvalue weighted by Crippen LogP contribution is -2.25. The normalized spacial score (nSPS) is 27.8. The summed E-state index contributed by atoms with van der Waals surface area (Å²) >= 11 is 0. The molecule has 3 atom stereocenters. The van der Waals surface area contributed by atoms with E-state index >= 15 is 0 Å². The fraction of sp³-hybridized carbons (Fsp3) is 0.562. The molecule has 1 aliphatic rings. The highest BCUT2D eigenvalue weighted by molar-refractivity contribution is 5.37. The van der Waals surface area contributed by atoms with E-state index < -0.39 is 11.5 Å². The SMILES string of the molecule is CCOc1ccccc1C(O)C1(C#N)CCC(C)C1. The summed E-state index contributed by atoms with van der Waals surface area (Å²) in [6.45, 7) is 4.61. The number of aliphatic hydroxyl groups is 1. The molecule has 3 nitrogen and oxygen atoms in total. The Bertz CT molecular complexity index is 480. The Morgan fingerprint density at radius 3 is 2.84 bits per heavy atom. The van der Waals surface area contributed by atoms with Crippen LogP contribution in [0.25, 0.3) is 0 Å². The number of nitrogens with zero attached hydrogens (tertiary/aromatic N) is 1. The molecule has 0 aromatic heterocycles. The van der Waals surface area contributed by atoms with Crippen molar-refractivity contribution in [3.63, 3.8) is 0 Å². The molecule has 0 amide bonds. The number of ether oxygens (including phenoxy) is 1. The summed E-state index contributed by atoms with van der Waals surface area (Å²) in [4.78, 5) is 0. The van der Waals surface area contributed by atoms with E-state index in [1.165, 1.54) is 0 Å². The Hall–Kier alpha value is -1.53. The first-order chi connectivity index (χ1) is 9.13. The summed E-state index contributed by atoms with van der Waals surface area (Å²) in [7, 11) is 0. The Kier molecular flexibility index (Phi) is 4.11. The summed E-state index contributed by atoms with van der Waals surface area (Å²) in [6, 6.07) is 9.85. The van der Waals surface area contributed by atoms with E-state index in [2.05, 4.69) is 13.0 Å². The molecule has 19 heavy (non-hydrogen) atoms. The summed E-state index contributed by atoms with van der Waals surface area (Å²) in [5.41, 5.74) is 0.0760. The lowest BCUT2D eigenvalue weighted by molar-refractivity contribution is 0.0619. The molecule has 2 rings (SSSR count). The van der Waals surface area contributed by atoms with Gasteiger partial charge in [0, 0.05) is 5.56 Å². The maximum absolute atomic E-state index is 10.7. The average molecular weight is 259 g/mol. The molecule has 1 aromatic rings. The zero-order valence-electron chi connectivity index (χ0n) is 11.6. The molecule has 0 radical (unpaired) electrons. The Morgan fingerprint density at radius 1 is 1.53 bits per heavy atom.